The smallest absolute Gasteiger partial charge is 0.175 e. The standard InChI is InChI=1S/C29H27ClN2O3/c1-3-16-32-17-24(18-32)34-23-14-10-20(11-15-23)19(2)27-28(25-6-4-5-7-26(25)30)31-35-29(27)21-8-12-22(33)13-9-21/h4-15,24,33H,2-3,16-18H2,1H3. The van der Waals surface area contributed by atoms with Crippen LogP contribution in [0, 0.1) is 0 Å². The van der Waals surface area contributed by atoms with E-state index < -0.39 is 0 Å². The van der Waals surface area contributed by atoms with Crippen molar-refractivity contribution >= 4 is 17.2 Å². The molecule has 6 heteroatoms. The molecule has 0 saturated carbocycles. The molecule has 1 N–H and O–H groups in total. The average molecular weight is 487 g/mol. The van der Waals surface area contributed by atoms with E-state index in [4.69, 9.17) is 20.9 Å². The Labute approximate surface area is 210 Å². The molecule has 0 spiro atoms. The molecule has 2 heterocycles. The molecule has 0 radical (unpaired) electrons. The van der Waals surface area contributed by atoms with E-state index in [0.717, 1.165) is 59.6 Å². The fraction of sp³-hybridized carbons (Fsp3) is 0.207. The molecular weight excluding hydrogens is 460 g/mol. The van der Waals surface area contributed by atoms with E-state index in [0.29, 0.717) is 16.5 Å². The molecule has 5 rings (SSSR count). The van der Waals surface area contributed by atoms with E-state index in [2.05, 4.69) is 23.6 Å². The molecule has 35 heavy (non-hydrogen) atoms. The summed E-state index contributed by atoms with van der Waals surface area (Å²) in [5.74, 6) is 1.59. The highest BCUT2D eigenvalue weighted by Gasteiger charge is 2.28. The lowest BCUT2D eigenvalue weighted by Gasteiger charge is -2.38. The van der Waals surface area contributed by atoms with Gasteiger partial charge in [-0.25, -0.2) is 0 Å². The van der Waals surface area contributed by atoms with E-state index in [-0.39, 0.29) is 11.9 Å². The van der Waals surface area contributed by atoms with E-state index >= 15 is 0 Å². The number of hydrogen-bond donors (Lipinski definition) is 1. The Morgan fingerprint density at radius 2 is 1.80 bits per heavy atom. The molecule has 5 nitrogen and oxygen atoms in total. The number of phenols is 1. The van der Waals surface area contributed by atoms with Crippen LogP contribution < -0.4 is 4.74 Å². The highest BCUT2D eigenvalue weighted by Crippen LogP contribution is 2.41. The van der Waals surface area contributed by atoms with Crippen LogP contribution in [0.5, 0.6) is 11.5 Å². The molecule has 0 amide bonds. The fourth-order valence-electron chi connectivity index (χ4n) is 4.38. The molecule has 0 bridgehead atoms. The molecule has 0 atom stereocenters. The first-order valence-corrected chi connectivity index (χ1v) is 12.1. The van der Waals surface area contributed by atoms with E-state index in [1.165, 1.54) is 0 Å². The minimum Gasteiger partial charge on any atom is -0.508 e. The van der Waals surface area contributed by atoms with Crippen molar-refractivity contribution in [1.82, 2.24) is 10.1 Å². The van der Waals surface area contributed by atoms with Crippen molar-refractivity contribution in [3.8, 4) is 34.1 Å². The third kappa shape index (κ3) is 4.83. The second-order valence-electron chi connectivity index (χ2n) is 8.76. The number of rotatable bonds is 8. The van der Waals surface area contributed by atoms with Crippen molar-refractivity contribution in [2.75, 3.05) is 19.6 Å². The lowest BCUT2D eigenvalue weighted by atomic mass is 9.93. The van der Waals surface area contributed by atoms with Crippen molar-refractivity contribution < 1.29 is 14.4 Å². The van der Waals surface area contributed by atoms with E-state index in [9.17, 15) is 5.11 Å². The minimum absolute atomic E-state index is 0.180. The molecular formula is C29H27ClN2O3. The zero-order valence-electron chi connectivity index (χ0n) is 19.6. The Morgan fingerprint density at radius 3 is 2.49 bits per heavy atom. The second kappa shape index (κ2) is 9.98. The van der Waals surface area contributed by atoms with Crippen LogP contribution in [0.3, 0.4) is 0 Å². The predicted molar refractivity (Wildman–Crippen MR) is 140 cm³/mol. The van der Waals surface area contributed by atoms with Gasteiger partial charge in [0.1, 0.15) is 23.3 Å². The molecule has 1 fully saturated rings. The second-order valence-corrected chi connectivity index (χ2v) is 9.17. The van der Waals surface area contributed by atoms with Gasteiger partial charge in [-0.15, -0.1) is 0 Å². The third-order valence-corrected chi connectivity index (χ3v) is 6.55. The SMILES string of the molecule is C=C(c1ccc(OC2CN(CCC)C2)cc1)c1c(-c2ccccc2Cl)noc1-c1ccc(O)cc1. The third-order valence-electron chi connectivity index (χ3n) is 6.22. The number of benzene rings is 3. The number of aromatic hydroxyl groups is 1. The van der Waals surface area contributed by atoms with Gasteiger partial charge in [0, 0.05) is 24.2 Å². The highest BCUT2D eigenvalue weighted by molar-refractivity contribution is 6.33. The Bertz CT molecular complexity index is 1320. The summed E-state index contributed by atoms with van der Waals surface area (Å²) in [6, 6.07) is 22.3. The molecule has 1 aromatic heterocycles. The fourth-order valence-corrected chi connectivity index (χ4v) is 4.61. The van der Waals surface area contributed by atoms with Crippen molar-refractivity contribution in [1.29, 1.82) is 0 Å². The summed E-state index contributed by atoms with van der Waals surface area (Å²) >= 11 is 6.51. The van der Waals surface area contributed by atoms with E-state index in [1.807, 2.05) is 48.5 Å². The molecule has 4 aromatic rings. The summed E-state index contributed by atoms with van der Waals surface area (Å²) in [4.78, 5) is 2.40. The monoisotopic (exact) mass is 486 g/mol. The van der Waals surface area contributed by atoms with Crippen LogP contribution in [0.2, 0.25) is 5.02 Å². The van der Waals surface area contributed by atoms with Gasteiger partial charge in [0.25, 0.3) is 0 Å². The number of likely N-dealkylation sites (tertiary alicyclic amines) is 1. The highest BCUT2D eigenvalue weighted by atomic mass is 35.5. The maximum absolute atomic E-state index is 9.74. The Kier molecular flexibility index (Phi) is 6.62. The first-order valence-electron chi connectivity index (χ1n) is 11.8. The number of hydrogen-bond acceptors (Lipinski definition) is 5. The predicted octanol–water partition coefficient (Wildman–Crippen LogP) is 6.90. The Balaban J connectivity index is 1.46. The number of nitrogens with zero attached hydrogens (tertiary/aromatic N) is 2. The zero-order valence-corrected chi connectivity index (χ0v) is 20.3. The van der Waals surface area contributed by atoms with Gasteiger partial charge >= 0.3 is 0 Å². The zero-order chi connectivity index (χ0) is 24.4. The Hall–Kier alpha value is -3.54. The summed E-state index contributed by atoms with van der Waals surface area (Å²) in [6.45, 7) is 9.65. The molecule has 178 valence electrons. The van der Waals surface area contributed by atoms with Crippen molar-refractivity contribution in [2.45, 2.75) is 19.4 Å². The van der Waals surface area contributed by atoms with Crippen molar-refractivity contribution in [2.24, 2.45) is 0 Å². The topological polar surface area (TPSA) is 58.7 Å². The van der Waals surface area contributed by atoms with Gasteiger partial charge in [-0.05, 0) is 66.6 Å². The van der Waals surface area contributed by atoms with Crippen LogP contribution in [-0.2, 0) is 0 Å². The van der Waals surface area contributed by atoms with Crippen LogP contribution in [0.15, 0.2) is 83.9 Å². The van der Waals surface area contributed by atoms with Gasteiger partial charge in [0.2, 0.25) is 0 Å². The maximum Gasteiger partial charge on any atom is 0.175 e. The number of halogens is 1. The van der Waals surface area contributed by atoms with Gasteiger partial charge in [-0.1, -0.05) is 60.6 Å². The van der Waals surface area contributed by atoms with Crippen LogP contribution in [0.4, 0.5) is 0 Å². The first-order chi connectivity index (χ1) is 17.0. The summed E-state index contributed by atoms with van der Waals surface area (Å²) in [5, 5.41) is 14.7. The van der Waals surface area contributed by atoms with Crippen LogP contribution in [-0.4, -0.2) is 40.9 Å². The molecule has 0 aliphatic carbocycles. The lowest BCUT2D eigenvalue weighted by Crippen LogP contribution is -2.53. The normalized spacial score (nSPS) is 14.0. The first kappa shape index (κ1) is 23.2. The quantitative estimate of drug-likeness (QED) is 0.293. The largest absolute Gasteiger partial charge is 0.508 e. The summed E-state index contributed by atoms with van der Waals surface area (Å²) in [5.41, 5.74) is 4.61. The van der Waals surface area contributed by atoms with Gasteiger partial charge in [0.05, 0.1) is 10.6 Å². The summed E-state index contributed by atoms with van der Waals surface area (Å²) in [6.07, 6.45) is 1.40. The molecule has 1 aliphatic heterocycles. The van der Waals surface area contributed by atoms with Gasteiger partial charge in [-0.3, -0.25) is 4.90 Å². The lowest BCUT2D eigenvalue weighted by molar-refractivity contribution is 0.0202. The number of aromatic nitrogens is 1. The van der Waals surface area contributed by atoms with Crippen LogP contribution in [0.25, 0.3) is 28.2 Å². The average Bonchev–Trinajstić information content (AvgIpc) is 3.28. The molecule has 1 saturated heterocycles. The van der Waals surface area contributed by atoms with Crippen molar-refractivity contribution in [3.63, 3.8) is 0 Å². The summed E-state index contributed by atoms with van der Waals surface area (Å²) in [7, 11) is 0. The van der Waals surface area contributed by atoms with Crippen LogP contribution >= 0.6 is 11.6 Å². The Morgan fingerprint density at radius 1 is 1.09 bits per heavy atom. The number of ether oxygens (including phenoxy) is 1. The van der Waals surface area contributed by atoms with Crippen molar-refractivity contribution in [3.05, 3.63) is 95.5 Å². The maximum atomic E-state index is 9.74. The molecule has 3 aromatic carbocycles. The van der Waals surface area contributed by atoms with Gasteiger partial charge in [-0.2, -0.15) is 0 Å². The molecule has 1 aliphatic rings. The summed E-state index contributed by atoms with van der Waals surface area (Å²) < 4.78 is 11.9. The number of phenolic OH excluding ortho intramolecular Hbond substituents is 1. The van der Waals surface area contributed by atoms with Gasteiger partial charge in [0.15, 0.2) is 5.76 Å². The molecule has 0 unspecified atom stereocenters. The minimum atomic E-state index is 0.180. The van der Waals surface area contributed by atoms with Gasteiger partial charge < -0.3 is 14.4 Å². The van der Waals surface area contributed by atoms with E-state index in [1.54, 1.807) is 24.3 Å². The van der Waals surface area contributed by atoms with Crippen LogP contribution in [0.1, 0.15) is 24.5 Å².